The molecule has 0 unspecified atom stereocenters. The van der Waals surface area contributed by atoms with E-state index >= 15 is 0 Å². The van der Waals surface area contributed by atoms with Gasteiger partial charge in [-0.2, -0.15) is 0 Å². The summed E-state index contributed by atoms with van der Waals surface area (Å²) in [6, 6.07) is 7.81. The van der Waals surface area contributed by atoms with Crippen LogP contribution < -0.4 is 4.74 Å². The molecule has 0 aliphatic carbocycles. The SMILES string of the molecule is C#C[C@@H](O)CCCCOCc1ccc(OC)cc1. The van der Waals surface area contributed by atoms with Crippen molar-refractivity contribution in [2.45, 2.75) is 32.0 Å². The number of unbranched alkanes of at least 4 members (excludes halogenated alkanes) is 1. The quantitative estimate of drug-likeness (QED) is 0.567. The lowest BCUT2D eigenvalue weighted by Crippen LogP contribution is -2.03. The van der Waals surface area contributed by atoms with Crippen LogP contribution in [0.5, 0.6) is 5.75 Å². The van der Waals surface area contributed by atoms with E-state index in [1.54, 1.807) is 7.11 Å². The van der Waals surface area contributed by atoms with Crippen molar-refractivity contribution in [2.75, 3.05) is 13.7 Å². The lowest BCUT2D eigenvalue weighted by atomic mass is 10.2. The van der Waals surface area contributed by atoms with Gasteiger partial charge in [-0.15, -0.1) is 6.42 Å². The van der Waals surface area contributed by atoms with Gasteiger partial charge >= 0.3 is 0 Å². The molecule has 1 atom stereocenters. The van der Waals surface area contributed by atoms with Gasteiger partial charge in [-0.25, -0.2) is 0 Å². The Morgan fingerprint density at radius 1 is 1.28 bits per heavy atom. The number of terminal acetylenes is 1. The summed E-state index contributed by atoms with van der Waals surface area (Å²) in [5.41, 5.74) is 1.12. The van der Waals surface area contributed by atoms with Gasteiger partial charge in [0.15, 0.2) is 0 Å². The molecule has 98 valence electrons. The molecule has 0 amide bonds. The Morgan fingerprint density at radius 2 is 2.00 bits per heavy atom. The normalized spacial score (nSPS) is 11.8. The van der Waals surface area contributed by atoms with E-state index in [9.17, 15) is 0 Å². The highest BCUT2D eigenvalue weighted by Crippen LogP contribution is 2.12. The van der Waals surface area contributed by atoms with Crippen molar-refractivity contribution < 1.29 is 14.6 Å². The zero-order valence-corrected chi connectivity index (χ0v) is 10.8. The number of aliphatic hydroxyl groups excluding tert-OH is 1. The highest BCUT2D eigenvalue weighted by molar-refractivity contribution is 5.26. The van der Waals surface area contributed by atoms with Gasteiger partial charge in [0.1, 0.15) is 11.9 Å². The Balaban J connectivity index is 2.09. The first kappa shape index (κ1) is 14.6. The van der Waals surface area contributed by atoms with Crippen LogP contribution >= 0.6 is 0 Å². The first-order chi connectivity index (χ1) is 8.76. The van der Waals surface area contributed by atoms with E-state index in [2.05, 4.69) is 5.92 Å². The Morgan fingerprint density at radius 3 is 2.61 bits per heavy atom. The van der Waals surface area contributed by atoms with Crippen LogP contribution in [0.15, 0.2) is 24.3 Å². The van der Waals surface area contributed by atoms with Gasteiger partial charge in [0, 0.05) is 6.61 Å². The second-order valence-electron chi connectivity index (χ2n) is 4.08. The third-order valence-corrected chi connectivity index (χ3v) is 2.64. The Hall–Kier alpha value is -1.50. The summed E-state index contributed by atoms with van der Waals surface area (Å²) in [6.45, 7) is 1.28. The smallest absolute Gasteiger partial charge is 0.118 e. The monoisotopic (exact) mass is 248 g/mol. The molecule has 1 aromatic rings. The molecular formula is C15H20O3. The van der Waals surface area contributed by atoms with E-state index in [0.29, 0.717) is 19.6 Å². The van der Waals surface area contributed by atoms with Gasteiger partial charge in [-0.3, -0.25) is 0 Å². The predicted octanol–water partition coefficient (Wildman–Crippen LogP) is 2.38. The van der Waals surface area contributed by atoms with Crippen LogP contribution in [0.3, 0.4) is 0 Å². The van der Waals surface area contributed by atoms with Gasteiger partial charge in [0.2, 0.25) is 0 Å². The maximum absolute atomic E-state index is 9.15. The second-order valence-corrected chi connectivity index (χ2v) is 4.08. The van der Waals surface area contributed by atoms with Crippen LogP contribution in [0.1, 0.15) is 24.8 Å². The Labute approximate surface area is 109 Å². The Kier molecular flexibility index (Phi) is 6.93. The average Bonchev–Trinajstić information content (AvgIpc) is 2.43. The van der Waals surface area contributed by atoms with Crippen molar-refractivity contribution in [3.05, 3.63) is 29.8 Å². The molecule has 1 rings (SSSR count). The summed E-state index contributed by atoms with van der Waals surface area (Å²) in [7, 11) is 1.65. The molecule has 18 heavy (non-hydrogen) atoms. The fourth-order valence-corrected chi connectivity index (χ4v) is 1.54. The fourth-order valence-electron chi connectivity index (χ4n) is 1.54. The molecule has 0 radical (unpaired) electrons. The first-order valence-electron chi connectivity index (χ1n) is 6.11. The first-order valence-corrected chi connectivity index (χ1v) is 6.11. The lowest BCUT2D eigenvalue weighted by Gasteiger charge is -2.06. The molecule has 0 spiro atoms. The van der Waals surface area contributed by atoms with E-state index in [-0.39, 0.29) is 0 Å². The summed E-state index contributed by atoms with van der Waals surface area (Å²) in [5.74, 6) is 3.14. The number of hydrogen-bond donors (Lipinski definition) is 1. The van der Waals surface area contributed by atoms with Crippen LogP contribution in [0.4, 0.5) is 0 Å². The average molecular weight is 248 g/mol. The summed E-state index contributed by atoms with van der Waals surface area (Å²) >= 11 is 0. The van der Waals surface area contributed by atoms with E-state index < -0.39 is 6.10 Å². The molecule has 1 N–H and O–H groups in total. The summed E-state index contributed by atoms with van der Waals surface area (Å²) in [6.07, 6.45) is 6.89. The van der Waals surface area contributed by atoms with Gasteiger partial charge in [0.25, 0.3) is 0 Å². The third-order valence-electron chi connectivity index (χ3n) is 2.64. The molecule has 0 fully saturated rings. The standard InChI is InChI=1S/C15H20O3/c1-3-14(16)6-4-5-11-18-12-13-7-9-15(17-2)10-8-13/h1,7-10,14,16H,4-6,11-12H2,2H3/t14-/m1/s1. The van der Waals surface area contributed by atoms with E-state index in [1.807, 2.05) is 24.3 Å². The predicted molar refractivity (Wildman–Crippen MR) is 71.3 cm³/mol. The van der Waals surface area contributed by atoms with Crippen LogP contribution in [0, 0.1) is 12.3 Å². The minimum atomic E-state index is -0.619. The third kappa shape index (κ3) is 5.72. The number of rotatable bonds is 8. The van der Waals surface area contributed by atoms with Gasteiger partial charge < -0.3 is 14.6 Å². The minimum absolute atomic E-state index is 0.599. The Bertz CT molecular complexity index is 364. The molecule has 0 aliphatic rings. The van der Waals surface area contributed by atoms with Gasteiger partial charge in [0.05, 0.1) is 13.7 Å². The van der Waals surface area contributed by atoms with E-state index in [0.717, 1.165) is 24.2 Å². The molecule has 0 saturated carbocycles. The van der Waals surface area contributed by atoms with Gasteiger partial charge in [-0.1, -0.05) is 18.1 Å². The van der Waals surface area contributed by atoms with Crippen molar-refractivity contribution in [3.63, 3.8) is 0 Å². The van der Waals surface area contributed by atoms with Crippen molar-refractivity contribution in [3.8, 4) is 18.1 Å². The highest BCUT2D eigenvalue weighted by Gasteiger charge is 1.98. The molecule has 1 aromatic carbocycles. The number of aliphatic hydroxyl groups is 1. The molecule has 0 bridgehead atoms. The zero-order chi connectivity index (χ0) is 13.2. The molecule has 3 nitrogen and oxygen atoms in total. The number of benzene rings is 1. The molecule has 0 heterocycles. The van der Waals surface area contributed by atoms with Crippen molar-refractivity contribution in [1.29, 1.82) is 0 Å². The summed E-state index contributed by atoms with van der Waals surface area (Å²) < 4.78 is 10.6. The lowest BCUT2D eigenvalue weighted by molar-refractivity contribution is 0.113. The van der Waals surface area contributed by atoms with E-state index in [1.165, 1.54) is 0 Å². The summed E-state index contributed by atoms with van der Waals surface area (Å²) in [4.78, 5) is 0. The fraction of sp³-hybridized carbons (Fsp3) is 0.467. The maximum atomic E-state index is 9.15. The molecule has 0 aliphatic heterocycles. The maximum Gasteiger partial charge on any atom is 0.118 e. The topological polar surface area (TPSA) is 38.7 Å². The number of methoxy groups -OCH3 is 1. The van der Waals surface area contributed by atoms with Crippen molar-refractivity contribution >= 4 is 0 Å². The van der Waals surface area contributed by atoms with Crippen LogP contribution in [0.25, 0.3) is 0 Å². The van der Waals surface area contributed by atoms with Crippen molar-refractivity contribution in [1.82, 2.24) is 0 Å². The second kappa shape index (κ2) is 8.57. The van der Waals surface area contributed by atoms with Gasteiger partial charge in [-0.05, 0) is 37.0 Å². The molecular weight excluding hydrogens is 228 g/mol. The van der Waals surface area contributed by atoms with E-state index in [4.69, 9.17) is 21.0 Å². The largest absolute Gasteiger partial charge is 0.497 e. The molecule has 0 saturated heterocycles. The molecule has 0 aromatic heterocycles. The molecule has 3 heteroatoms. The van der Waals surface area contributed by atoms with Crippen LogP contribution in [0.2, 0.25) is 0 Å². The number of hydrogen-bond acceptors (Lipinski definition) is 3. The van der Waals surface area contributed by atoms with Crippen molar-refractivity contribution in [2.24, 2.45) is 0 Å². The van der Waals surface area contributed by atoms with Crippen LogP contribution in [-0.4, -0.2) is 24.9 Å². The zero-order valence-electron chi connectivity index (χ0n) is 10.8. The van der Waals surface area contributed by atoms with Crippen LogP contribution in [-0.2, 0) is 11.3 Å². The highest BCUT2D eigenvalue weighted by atomic mass is 16.5. The minimum Gasteiger partial charge on any atom is -0.497 e. The summed E-state index contributed by atoms with van der Waals surface area (Å²) in [5, 5.41) is 9.15. The number of ether oxygens (including phenoxy) is 2.